The molecular weight excluding hydrogens is 462 g/mol. The summed E-state index contributed by atoms with van der Waals surface area (Å²) in [5.74, 6) is 1.15. The first kappa shape index (κ1) is 23.0. The van der Waals surface area contributed by atoms with Crippen molar-refractivity contribution in [2.24, 2.45) is 0 Å². The lowest BCUT2D eigenvalue weighted by atomic mass is 10.1. The van der Waals surface area contributed by atoms with Gasteiger partial charge >= 0.3 is 6.09 Å². The Kier molecular flexibility index (Phi) is 6.47. The number of aromatic nitrogens is 2. The van der Waals surface area contributed by atoms with Crippen LogP contribution >= 0.6 is 11.6 Å². The van der Waals surface area contributed by atoms with Crippen molar-refractivity contribution in [1.29, 1.82) is 0 Å². The highest BCUT2D eigenvalue weighted by Gasteiger charge is 2.32. The molecule has 1 aliphatic carbocycles. The van der Waals surface area contributed by atoms with Gasteiger partial charge in [-0.25, -0.2) is 4.79 Å². The molecule has 1 N–H and O–H groups in total. The molecule has 0 unspecified atom stereocenters. The van der Waals surface area contributed by atoms with Gasteiger partial charge in [0.1, 0.15) is 12.4 Å². The first-order valence-corrected chi connectivity index (χ1v) is 11.9. The van der Waals surface area contributed by atoms with E-state index in [0.29, 0.717) is 36.8 Å². The number of hydrogen-bond acceptors (Lipinski definition) is 3. The molecule has 0 saturated carbocycles. The smallest absolute Gasteiger partial charge is 0.413 e. The van der Waals surface area contributed by atoms with E-state index in [-0.39, 0.29) is 6.04 Å². The minimum Gasteiger partial charge on any atom is -0.489 e. The minimum absolute atomic E-state index is 0.177. The van der Waals surface area contributed by atoms with Crippen LogP contribution in [0.4, 0.5) is 10.6 Å². The lowest BCUT2D eigenvalue weighted by molar-refractivity contribution is 0.199. The summed E-state index contributed by atoms with van der Waals surface area (Å²) in [6.07, 6.45) is 0.363. The maximum atomic E-state index is 12.3. The number of amides is 1. The van der Waals surface area contributed by atoms with Gasteiger partial charge in [0.15, 0.2) is 5.82 Å². The van der Waals surface area contributed by atoms with Crippen molar-refractivity contribution in [2.75, 3.05) is 4.90 Å². The molecule has 1 heterocycles. The molecule has 3 aromatic carbocycles. The van der Waals surface area contributed by atoms with Crippen molar-refractivity contribution >= 4 is 23.5 Å². The number of nitrogens with zero attached hydrogens (tertiary/aromatic N) is 3. The van der Waals surface area contributed by atoms with Crippen LogP contribution in [0.2, 0.25) is 5.02 Å². The number of benzene rings is 3. The second-order valence-corrected chi connectivity index (χ2v) is 9.25. The van der Waals surface area contributed by atoms with Crippen LogP contribution < -0.4 is 9.64 Å². The number of rotatable bonds is 7. The Morgan fingerprint density at radius 1 is 1.06 bits per heavy atom. The van der Waals surface area contributed by atoms with Gasteiger partial charge in [0.25, 0.3) is 0 Å². The molecule has 4 aromatic rings. The number of anilines is 1. The van der Waals surface area contributed by atoms with E-state index in [1.54, 1.807) is 10.7 Å². The molecule has 7 heteroatoms. The summed E-state index contributed by atoms with van der Waals surface area (Å²) in [5.41, 5.74) is 5.19. The van der Waals surface area contributed by atoms with Gasteiger partial charge in [0, 0.05) is 28.4 Å². The van der Waals surface area contributed by atoms with Crippen molar-refractivity contribution in [3.63, 3.8) is 0 Å². The molecule has 5 rings (SSSR count). The van der Waals surface area contributed by atoms with E-state index in [2.05, 4.69) is 17.2 Å². The molecule has 0 saturated heterocycles. The Morgan fingerprint density at radius 3 is 2.43 bits per heavy atom. The van der Waals surface area contributed by atoms with Crippen molar-refractivity contribution in [2.45, 2.75) is 39.0 Å². The fraction of sp³-hybridized carbons (Fsp3) is 0.214. The molecule has 35 heavy (non-hydrogen) atoms. The third kappa shape index (κ3) is 5.03. The summed E-state index contributed by atoms with van der Waals surface area (Å²) in [7, 11) is 0. The van der Waals surface area contributed by atoms with E-state index in [4.69, 9.17) is 16.3 Å². The number of carboxylic acid groups (broad SMARTS) is 1. The second-order valence-electron chi connectivity index (χ2n) is 8.81. The van der Waals surface area contributed by atoms with E-state index < -0.39 is 6.09 Å². The Hall–Kier alpha value is -3.77. The Bertz CT molecular complexity index is 1330. The predicted molar refractivity (Wildman–Crippen MR) is 136 cm³/mol. The quantitative estimate of drug-likeness (QED) is 0.341. The summed E-state index contributed by atoms with van der Waals surface area (Å²) in [5, 5.41) is 15.3. The number of halogens is 1. The van der Waals surface area contributed by atoms with Crippen molar-refractivity contribution in [3.8, 4) is 5.75 Å². The number of aryl methyl sites for hydroxylation is 1. The van der Waals surface area contributed by atoms with Crippen molar-refractivity contribution < 1.29 is 14.6 Å². The SMILES string of the molecule is Cc1cc(N(C(=O)O)C2Cc3ccccc3C2)nn1Cc1cc(Cl)ccc1OCc1ccccc1. The molecule has 0 atom stereocenters. The fourth-order valence-electron chi connectivity index (χ4n) is 4.64. The number of carbonyl (C=O) groups is 1. The van der Waals surface area contributed by atoms with Crippen LogP contribution in [0.1, 0.15) is 27.9 Å². The molecule has 1 aliphatic rings. The lowest BCUT2D eigenvalue weighted by Gasteiger charge is -2.23. The van der Waals surface area contributed by atoms with Gasteiger partial charge in [-0.05, 0) is 54.7 Å². The first-order valence-electron chi connectivity index (χ1n) is 11.6. The minimum atomic E-state index is -0.998. The normalized spacial score (nSPS) is 13.0. The fourth-order valence-corrected chi connectivity index (χ4v) is 4.83. The van der Waals surface area contributed by atoms with E-state index in [0.717, 1.165) is 22.6 Å². The maximum absolute atomic E-state index is 12.3. The molecule has 1 aromatic heterocycles. The number of fused-ring (bicyclic) bond motifs is 1. The van der Waals surface area contributed by atoms with E-state index in [1.165, 1.54) is 16.0 Å². The summed E-state index contributed by atoms with van der Waals surface area (Å²) in [6.45, 7) is 2.78. The van der Waals surface area contributed by atoms with Crippen LogP contribution in [0.25, 0.3) is 0 Å². The van der Waals surface area contributed by atoms with Gasteiger partial charge in [-0.1, -0.05) is 66.2 Å². The third-order valence-corrected chi connectivity index (χ3v) is 6.63. The van der Waals surface area contributed by atoms with Gasteiger partial charge in [-0.3, -0.25) is 9.58 Å². The topological polar surface area (TPSA) is 67.6 Å². The molecule has 1 amide bonds. The Labute approximate surface area is 209 Å². The molecule has 6 nitrogen and oxygen atoms in total. The second kappa shape index (κ2) is 9.84. The van der Waals surface area contributed by atoms with Crippen LogP contribution in [-0.2, 0) is 26.0 Å². The predicted octanol–water partition coefficient (Wildman–Crippen LogP) is 6.12. The van der Waals surface area contributed by atoms with Gasteiger partial charge in [-0.15, -0.1) is 0 Å². The Balaban J connectivity index is 1.38. The first-order chi connectivity index (χ1) is 17.0. The van der Waals surface area contributed by atoms with Gasteiger partial charge in [0.2, 0.25) is 0 Å². The third-order valence-electron chi connectivity index (χ3n) is 6.40. The molecule has 0 bridgehead atoms. The summed E-state index contributed by atoms with van der Waals surface area (Å²) in [6, 6.07) is 25.3. The van der Waals surface area contributed by atoms with Gasteiger partial charge < -0.3 is 9.84 Å². The molecule has 0 fully saturated rings. The maximum Gasteiger partial charge on any atom is 0.413 e. The van der Waals surface area contributed by atoms with E-state index in [1.807, 2.05) is 67.6 Å². The molecule has 0 spiro atoms. The average molecular weight is 488 g/mol. The lowest BCUT2D eigenvalue weighted by Crippen LogP contribution is -2.40. The highest BCUT2D eigenvalue weighted by Crippen LogP contribution is 2.30. The zero-order valence-electron chi connectivity index (χ0n) is 19.4. The molecular formula is C28H26ClN3O3. The zero-order valence-corrected chi connectivity index (χ0v) is 20.2. The summed E-state index contributed by atoms with van der Waals surface area (Å²) in [4.78, 5) is 13.7. The number of ether oxygens (including phenoxy) is 1. The van der Waals surface area contributed by atoms with Crippen LogP contribution in [0.3, 0.4) is 0 Å². The highest BCUT2D eigenvalue weighted by molar-refractivity contribution is 6.30. The standard InChI is InChI=1S/C28H26ClN3O3/c1-19-13-27(32(28(33)34)25-15-21-9-5-6-10-22(21)16-25)30-31(19)17-23-14-24(29)11-12-26(23)35-18-20-7-3-2-4-8-20/h2-14,25H,15-18H2,1H3,(H,33,34). The molecule has 178 valence electrons. The van der Waals surface area contributed by atoms with E-state index >= 15 is 0 Å². The summed E-state index contributed by atoms with van der Waals surface area (Å²) < 4.78 is 7.90. The van der Waals surface area contributed by atoms with Crippen LogP contribution in [0.5, 0.6) is 5.75 Å². The zero-order chi connectivity index (χ0) is 24.4. The van der Waals surface area contributed by atoms with Crippen LogP contribution in [0, 0.1) is 6.92 Å². The molecule has 0 aliphatic heterocycles. The van der Waals surface area contributed by atoms with Gasteiger partial charge in [-0.2, -0.15) is 5.10 Å². The van der Waals surface area contributed by atoms with Gasteiger partial charge in [0.05, 0.1) is 6.54 Å². The van der Waals surface area contributed by atoms with E-state index in [9.17, 15) is 9.90 Å². The number of hydrogen-bond donors (Lipinski definition) is 1. The summed E-state index contributed by atoms with van der Waals surface area (Å²) >= 11 is 6.30. The highest BCUT2D eigenvalue weighted by atomic mass is 35.5. The average Bonchev–Trinajstić information content (AvgIpc) is 3.42. The Morgan fingerprint density at radius 2 is 1.74 bits per heavy atom. The molecule has 0 radical (unpaired) electrons. The van der Waals surface area contributed by atoms with Crippen molar-refractivity contribution in [1.82, 2.24) is 9.78 Å². The largest absolute Gasteiger partial charge is 0.489 e. The van der Waals surface area contributed by atoms with Crippen molar-refractivity contribution in [3.05, 3.63) is 112 Å². The monoisotopic (exact) mass is 487 g/mol. The van der Waals surface area contributed by atoms with Crippen LogP contribution in [0.15, 0.2) is 78.9 Å². The van der Waals surface area contributed by atoms with Crippen LogP contribution in [-0.4, -0.2) is 27.0 Å².